The smallest absolute Gasteiger partial charge is 0.152 e. The molecule has 0 aromatic rings. The van der Waals surface area contributed by atoms with Crippen LogP contribution in [0, 0.1) is 0 Å². The van der Waals surface area contributed by atoms with Crippen LogP contribution < -0.4 is 18.1 Å². The van der Waals surface area contributed by atoms with Crippen molar-refractivity contribution in [2.45, 2.75) is 18.9 Å². The highest BCUT2D eigenvalue weighted by molar-refractivity contribution is 7.91. The van der Waals surface area contributed by atoms with E-state index >= 15 is 0 Å². The zero-order valence-electron chi connectivity index (χ0n) is 5.80. The first-order chi connectivity index (χ1) is 3.91. The molecule has 1 unspecified atom stereocenters. The van der Waals surface area contributed by atoms with Gasteiger partial charge in [-0.2, -0.15) is 0 Å². The monoisotopic (exact) mass is 184 g/mol. The number of hydrogen-bond acceptors (Lipinski definition) is 3. The third kappa shape index (κ3) is 2.44. The van der Waals surface area contributed by atoms with E-state index < -0.39 is 15.4 Å². The van der Waals surface area contributed by atoms with Crippen LogP contribution in [0.5, 0.6) is 0 Å². The summed E-state index contributed by atoms with van der Waals surface area (Å²) in [4.78, 5) is 0. The Morgan fingerprint density at radius 1 is 1.50 bits per heavy atom. The molecule has 0 amide bonds. The van der Waals surface area contributed by atoms with Crippen LogP contribution in [0.1, 0.15) is 13.3 Å². The summed E-state index contributed by atoms with van der Waals surface area (Å²) in [6, 6.07) is 0. The quantitative estimate of drug-likeness (QED) is 0.426. The van der Waals surface area contributed by atoms with Gasteiger partial charge in [-0.05, 0) is 13.3 Å². The summed E-state index contributed by atoms with van der Waals surface area (Å²) in [6.45, 7) is 1.78. The van der Waals surface area contributed by atoms with Crippen molar-refractivity contribution < 1.29 is 20.8 Å². The molecule has 5 heteroatoms. The van der Waals surface area contributed by atoms with E-state index in [9.17, 15) is 8.42 Å². The Morgan fingerprint density at radius 2 is 2.00 bits per heavy atom. The average molecular weight is 185 g/mol. The molecule has 2 N–H and O–H groups in total. The highest BCUT2D eigenvalue weighted by Gasteiger charge is 2.34. The molecule has 62 valence electrons. The number of rotatable bonds is 0. The largest absolute Gasteiger partial charge is 1.00 e. The molecule has 0 aliphatic carbocycles. The third-order valence-electron chi connectivity index (χ3n) is 1.53. The first-order valence-electron chi connectivity index (χ1n) is 2.91. The van der Waals surface area contributed by atoms with Crippen molar-refractivity contribution in [1.82, 2.24) is 0 Å². The minimum Gasteiger partial charge on any atom is -1.00 e. The Kier molecular flexibility index (Phi) is 2.73. The minimum absolute atomic E-state index is 0. The van der Waals surface area contributed by atoms with E-state index in [1.54, 1.807) is 6.92 Å². The van der Waals surface area contributed by atoms with E-state index in [1.165, 1.54) is 0 Å². The second kappa shape index (κ2) is 2.68. The first kappa shape index (κ1) is 10.2. The lowest BCUT2D eigenvalue weighted by Crippen LogP contribution is -3.00. The molecule has 1 aliphatic rings. The molecule has 1 heterocycles. The Morgan fingerprint density at radius 3 is 2.10 bits per heavy atom. The Bertz CT molecular complexity index is 210. The van der Waals surface area contributed by atoms with Crippen molar-refractivity contribution in [3.05, 3.63) is 0 Å². The summed E-state index contributed by atoms with van der Waals surface area (Å²) in [5.74, 6) is 0.417. The van der Waals surface area contributed by atoms with Crippen LogP contribution in [0.3, 0.4) is 0 Å². The van der Waals surface area contributed by atoms with Gasteiger partial charge in [0, 0.05) is 5.54 Å². The van der Waals surface area contributed by atoms with Gasteiger partial charge in [-0.25, -0.2) is 8.42 Å². The van der Waals surface area contributed by atoms with E-state index in [-0.39, 0.29) is 23.9 Å². The Hall–Kier alpha value is 0.200. The molecule has 1 atom stereocenters. The predicted molar refractivity (Wildman–Crippen MR) is 35.9 cm³/mol. The molecule has 1 saturated heterocycles. The lowest BCUT2D eigenvalue weighted by molar-refractivity contribution is -0.00000499. The molecule has 10 heavy (non-hydrogen) atoms. The SMILES string of the molecule is CC1(N)CCS(=O)(=O)C1.[Cl-]. The van der Waals surface area contributed by atoms with Crippen LogP contribution in [0.4, 0.5) is 0 Å². The summed E-state index contributed by atoms with van der Waals surface area (Å²) in [6.07, 6.45) is 0.606. The molecule has 1 fully saturated rings. The second-order valence-electron chi connectivity index (χ2n) is 3.00. The lowest BCUT2D eigenvalue weighted by Gasteiger charge is -2.12. The molecule has 0 spiro atoms. The zero-order chi connectivity index (χ0) is 7.12. The fourth-order valence-corrected chi connectivity index (χ4v) is 3.11. The minimum atomic E-state index is -2.78. The van der Waals surface area contributed by atoms with Crippen molar-refractivity contribution in [1.29, 1.82) is 0 Å². The highest BCUT2D eigenvalue weighted by atomic mass is 35.5. The summed E-state index contributed by atoms with van der Waals surface area (Å²) in [5, 5.41) is 0. The Labute approximate surface area is 67.3 Å². The Balaban J connectivity index is 0.000000810. The van der Waals surface area contributed by atoms with Gasteiger partial charge in [0.15, 0.2) is 9.84 Å². The molecule has 0 radical (unpaired) electrons. The van der Waals surface area contributed by atoms with Gasteiger partial charge >= 0.3 is 0 Å². The van der Waals surface area contributed by atoms with Gasteiger partial charge in [0.25, 0.3) is 0 Å². The molecule has 3 nitrogen and oxygen atoms in total. The van der Waals surface area contributed by atoms with Gasteiger partial charge in [-0.3, -0.25) is 0 Å². The zero-order valence-corrected chi connectivity index (χ0v) is 7.37. The van der Waals surface area contributed by atoms with Crippen molar-refractivity contribution in [2.75, 3.05) is 11.5 Å². The standard InChI is InChI=1S/C5H11NO2S.ClH/c1-5(6)2-3-9(7,8)4-5;/h2-4,6H2,1H3;1H/p-1. The molecule has 1 rings (SSSR count). The molecule has 0 bridgehead atoms. The van der Waals surface area contributed by atoms with Gasteiger partial charge < -0.3 is 18.1 Å². The fourth-order valence-electron chi connectivity index (χ4n) is 1.04. The number of halogens is 1. The number of nitrogens with two attached hydrogens (primary N) is 1. The van der Waals surface area contributed by atoms with Gasteiger partial charge in [0.05, 0.1) is 11.5 Å². The van der Waals surface area contributed by atoms with Gasteiger partial charge in [0.2, 0.25) is 0 Å². The van der Waals surface area contributed by atoms with Crippen molar-refractivity contribution in [3.63, 3.8) is 0 Å². The fraction of sp³-hybridized carbons (Fsp3) is 1.00. The van der Waals surface area contributed by atoms with Gasteiger partial charge in [-0.1, -0.05) is 0 Å². The lowest BCUT2D eigenvalue weighted by atomic mass is 10.1. The summed E-state index contributed by atoms with van der Waals surface area (Å²) < 4.78 is 21.5. The molecular weight excluding hydrogens is 174 g/mol. The third-order valence-corrected chi connectivity index (χ3v) is 3.46. The summed E-state index contributed by atoms with van der Waals surface area (Å²) in [5.41, 5.74) is 5.11. The van der Waals surface area contributed by atoms with Crippen LogP contribution in [0.2, 0.25) is 0 Å². The number of sulfone groups is 1. The maximum Gasteiger partial charge on any atom is 0.152 e. The van der Waals surface area contributed by atoms with Gasteiger partial charge in [-0.15, -0.1) is 0 Å². The van der Waals surface area contributed by atoms with Crippen molar-refractivity contribution in [2.24, 2.45) is 5.73 Å². The van der Waals surface area contributed by atoms with Crippen LogP contribution >= 0.6 is 0 Å². The topological polar surface area (TPSA) is 60.2 Å². The normalized spacial score (nSPS) is 37.0. The van der Waals surface area contributed by atoms with Gasteiger partial charge in [0.1, 0.15) is 0 Å². The van der Waals surface area contributed by atoms with Crippen molar-refractivity contribution in [3.8, 4) is 0 Å². The first-order valence-corrected chi connectivity index (χ1v) is 4.73. The van der Waals surface area contributed by atoms with Crippen LogP contribution in [-0.2, 0) is 9.84 Å². The second-order valence-corrected chi connectivity index (χ2v) is 5.18. The maximum absolute atomic E-state index is 10.8. The van der Waals surface area contributed by atoms with Crippen LogP contribution in [-0.4, -0.2) is 25.5 Å². The van der Waals surface area contributed by atoms with E-state index in [0.29, 0.717) is 6.42 Å². The van der Waals surface area contributed by atoms with Crippen LogP contribution in [0.25, 0.3) is 0 Å². The summed E-state index contributed by atoms with van der Waals surface area (Å²) >= 11 is 0. The number of hydrogen-bond donors (Lipinski definition) is 1. The molecule has 0 aromatic heterocycles. The average Bonchev–Trinajstić information content (AvgIpc) is 1.78. The summed E-state index contributed by atoms with van der Waals surface area (Å²) in [7, 11) is -2.78. The maximum atomic E-state index is 10.8. The molecule has 0 saturated carbocycles. The molecule has 1 aliphatic heterocycles. The highest BCUT2D eigenvalue weighted by Crippen LogP contribution is 2.19. The molecule has 0 aromatic carbocycles. The molecular formula is C5H11ClNO2S-. The predicted octanol–water partition coefficient (Wildman–Crippen LogP) is -3.47. The van der Waals surface area contributed by atoms with E-state index in [1.807, 2.05) is 0 Å². The van der Waals surface area contributed by atoms with Crippen molar-refractivity contribution >= 4 is 9.84 Å². The van der Waals surface area contributed by atoms with E-state index in [0.717, 1.165) is 0 Å². The van der Waals surface area contributed by atoms with E-state index in [4.69, 9.17) is 5.73 Å². The van der Waals surface area contributed by atoms with E-state index in [2.05, 4.69) is 0 Å². The van der Waals surface area contributed by atoms with Crippen LogP contribution in [0.15, 0.2) is 0 Å².